The van der Waals surface area contributed by atoms with Gasteiger partial charge in [-0.05, 0) is 12.5 Å². The molecule has 1 heterocycles. The lowest BCUT2D eigenvalue weighted by atomic mass is 9.81. The van der Waals surface area contributed by atoms with Gasteiger partial charge >= 0.3 is 0 Å². The van der Waals surface area contributed by atoms with E-state index in [1.165, 1.54) is 56.9 Å². The highest BCUT2D eigenvalue weighted by Gasteiger charge is 2.32. The molecular weight excluding hydrogens is 258 g/mol. The van der Waals surface area contributed by atoms with Gasteiger partial charge in [0.05, 0.1) is 6.61 Å². The van der Waals surface area contributed by atoms with E-state index in [1.807, 2.05) is 12.1 Å². The lowest BCUT2D eigenvalue weighted by molar-refractivity contribution is 0.205. The lowest BCUT2D eigenvalue weighted by Crippen LogP contribution is -2.41. The van der Waals surface area contributed by atoms with Gasteiger partial charge in [0.15, 0.2) is 0 Å². The first-order chi connectivity index (χ1) is 10.3. The molecule has 0 bridgehead atoms. The number of ether oxygens (including phenoxy) is 1. The van der Waals surface area contributed by atoms with E-state index in [1.54, 1.807) is 0 Å². The highest BCUT2D eigenvalue weighted by molar-refractivity contribution is 5.40. The number of nitrogens with two attached hydrogens (primary N) is 1. The van der Waals surface area contributed by atoms with Crippen LogP contribution < -0.4 is 10.5 Å². The third-order valence-corrected chi connectivity index (χ3v) is 4.71. The zero-order chi connectivity index (χ0) is 15.0. The maximum Gasteiger partial charge on any atom is 0.124 e. The van der Waals surface area contributed by atoms with Gasteiger partial charge in [-0.1, -0.05) is 76.5 Å². The molecule has 2 nitrogen and oxygen atoms in total. The summed E-state index contributed by atoms with van der Waals surface area (Å²) in [5, 5.41) is 0. The van der Waals surface area contributed by atoms with E-state index in [0.717, 1.165) is 25.2 Å². The molecule has 0 amide bonds. The van der Waals surface area contributed by atoms with Crippen LogP contribution in [-0.4, -0.2) is 6.61 Å². The Hall–Kier alpha value is -1.02. The van der Waals surface area contributed by atoms with Crippen molar-refractivity contribution < 1.29 is 4.74 Å². The number of fused-ring (bicyclic) bond motifs is 1. The van der Waals surface area contributed by atoms with Crippen molar-refractivity contribution in [2.75, 3.05) is 6.61 Å². The first kappa shape index (κ1) is 16.4. The van der Waals surface area contributed by atoms with E-state index in [-0.39, 0.29) is 5.54 Å². The van der Waals surface area contributed by atoms with E-state index in [4.69, 9.17) is 10.5 Å². The Bertz CT molecular complexity index is 418. The number of hydrogen-bond donors (Lipinski definition) is 1. The monoisotopic (exact) mass is 289 g/mol. The number of unbranched alkanes of at least 4 members (excludes halogenated alkanes) is 7. The summed E-state index contributed by atoms with van der Waals surface area (Å²) >= 11 is 0. The summed E-state index contributed by atoms with van der Waals surface area (Å²) in [6.45, 7) is 3.02. The summed E-state index contributed by atoms with van der Waals surface area (Å²) in [4.78, 5) is 0. The van der Waals surface area contributed by atoms with Gasteiger partial charge in [-0.15, -0.1) is 0 Å². The smallest absolute Gasteiger partial charge is 0.124 e. The van der Waals surface area contributed by atoms with Gasteiger partial charge < -0.3 is 10.5 Å². The number of rotatable bonds is 9. The molecule has 2 heteroatoms. The van der Waals surface area contributed by atoms with Crippen LogP contribution in [0.2, 0.25) is 0 Å². The molecule has 0 aromatic heterocycles. The third-order valence-electron chi connectivity index (χ3n) is 4.71. The number of hydrogen-bond acceptors (Lipinski definition) is 2. The third kappa shape index (κ3) is 4.74. The summed E-state index contributed by atoms with van der Waals surface area (Å²) in [5.74, 6) is 0.991. The first-order valence-corrected chi connectivity index (χ1v) is 8.77. The minimum absolute atomic E-state index is 0.170. The van der Waals surface area contributed by atoms with Gasteiger partial charge in [0, 0.05) is 17.5 Å². The second-order valence-electron chi connectivity index (χ2n) is 6.48. The van der Waals surface area contributed by atoms with Gasteiger partial charge in [0.2, 0.25) is 0 Å². The first-order valence-electron chi connectivity index (χ1n) is 8.77. The zero-order valence-corrected chi connectivity index (χ0v) is 13.6. The molecule has 1 aliphatic heterocycles. The highest BCUT2D eigenvalue weighted by atomic mass is 16.5. The van der Waals surface area contributed by atoms with Gasteiger partial charge in [-0.2, -0.15) is 0 Å². The van der Waals surface area contributed by atoms with Crippen molar-refractivity contribution in [1.29, 1.82) is 0 Å². The number of para-hydroxylation sites is 1. The fourth-order valence-electron chi connectivity index (χ4n) is 3.32. The van der Waals surface area contributed by atoms with Crippen LogP contribution in [0.15, 0.2) is 24.3 Å². The van der Waals surface area contributed by atoms with Gasteiger partial charge in [-0.25, -0.2) is 0 Å². The molecule has 1 aliphatic rings. The fourth-order valence-corrected chi connectivity index (χ4v) is 3.32. The van der Waals surface area contributed by atoms with Crippen molar-refractivity contribution in [3.63, 3.8) is 0 Å². The molecule has 21 heavy (non-hydrogen) atoms. The SMILES string of the molecule is CCCCCCCCCCC1(N)CCOc2ccccc21. The zero-order valence-electron chi connectivity index (χ0n) is 13.6. The van der Waals surface area contributed by atoms with E-state index >= 15 is 0 Å². The van der Waals surface area contributed by atoms with Gasteiger partial charge in [-0.3, -0.25) is 0 Å². The molecule has 2 rings (SSSR count). The largest absolute Gasteiger partial charge is 0.493 e. The normalized spacial score (nSPS) is 20.9. The lowest BCUT2D eigenvalue weighted by Gasteiger charge is -2.35. The molecular formula is C19H31NO. The predicted octanol–water partition coefficient (Wildman–Crippen LogP) is 5.15. The van der Waals surface area contributed by atoms with Crippen LogP contribution in [-0.2, 0) is 5.54 Å². The fraction of sp³-hybridized carbons (Fsp3) is 0.684. The Morgan fingerprint density at radius 2 is 1.67 bits per heavy atom. The molecule has 0 fully saturated rings. The van der Waals surface area contributed by atoms with E-state index in [2.05, 4.69) is 19.1 Å². The average molecular weight is 289 g/mol. The summed E-state index contributed by atoms with van der Waals surface area (Å²) < 4.78 is 5.72. The quantitative estimate of drug-likeness (QED) is 0.638. The second kappa shape index (κ2) is 8.43. The Balaban J connectivity index is 1.71. The van der Waals surface area contributed by atoms with Gasteiger partial charge in [0.25, 0.3) is 0 Å². The van der Waals surface area contributed by atoms with Crippen molar-refractivity contribution in [2.45, 2.75) is 76.7 Å². The van der Waals surface area contributed by atoms with Crippen LogP contribution in [0.25, 0.3) is 0 Å². The van der Waals surface area contributed by atoms with E-state index in [9.17, 15) is 0 Å². The van der Waals surface area contributed by atoms with Crippen LogP contribution in [0, 0.1) is 0 Å². The molecule has 118 valence electrons. The maximum absolute atomic E-state index is 6.67. The van der Waals surface area contributed by atoms with Crippen molar-refractivity contribution in [1.82, 2.24) is 0 Å². The summed E-state index contributed by atoms with van der Waals surface area (Å²) in [5.41, 5.74) is 7.71. The molecule has 1 aromatic rings. The van der Waals surface area contributed by atoms with Crippen molar-refractivity contribution in [3.05, 3.63) is 29.8 Å². The molecule has 0 saturated heterocycles. The van der Waals surface area contributed by atoms with Crippen molar-refractivity contribution >= 4 is 0 Å². The molecule has 0 spiro atoms. The minimum Gasteiger partial charge on any atom is -0.493 e. The van der Waals surface area contributed by atoms with Gasteiger partial charge in [0.1, 0.15) is 5.75 Å². The standard InChI is InChI=1S/C19H31NO/c1-2-3-4-5-6-7-8-11-14-19(20)15-16-21-18-13-10-9-12-17(18)19/h9-10,12-13H,2-8,11,14-16,20H2,1H3. The summed E-state index contributed by atoms with van der Waals surface area (Å²) in [6, 6.07) is 8.28. The Labute approximate surface area is 130 Å². The molecule has 0 saturated carbocycles. The van der Waals surface area contributed by atoms with Crippen LogP contribution in [0.4, 0.5) is 0 Å². The van der Waals surface area contributed by atoms with E-state index in [0.29, 0.717) is 0 Å². The van der Waals surface area contributed by atoms with Crippen molar-refractivity contribution in [3.8, 4) is 5.75 Å². The number of benzene rings is 1. The molecule has 0 radical (unpaired) electrons. The Morgan fingerprint density at radius 1 is 1.00 bits per heavy atom. The topological polar surface area (TPSA) is 35.2 Å². The minimum atomic E-state index is -0.170. The van der Waals surface area contributed by atoms with Crippen LogP contribution in [0.3, 0.4) is 0 Å². The molecule has 1 atom stereocenters. The Morgan fingerprint density at radius 3 is 2.43 bits per heavy atom. The maximum atomic E-state index is 6.67. The van der Waals surface area contributed by atoms with Crippen molar-refractivity contribution in [2.24, 2.45) is 5.73 Å². The summed E-state index contributed by atoms with van der Waals surface area (Å²) in [6.07, 6.45) is 12.9. The highest BCUT2D eigenvalue weighted by Crippen LogP contribution is 2.38. The predicted molar refractivity (Wildman–Crippen MR) is 89.6 cm³/mol. The summed E-state index contributed by atoms with van der Waals surface area (Å²) in [7, 11) is 0. The molecule has 1 aromatic carbocycles. The van der Waals surface area contributed by atoms with E-state index < -0.39 is 0 Å². The molecule has 1 unspecified atom stereocenters. The molecule has 0 aliphatic carbocycles. The van der Waals surface area contributed by atoms with Crippen LogP contribution in [0.5, 0.6) is 5.75 Å². The second-order valence-corrected chi connectivity index (χ2v) is 6.48. The Kier molecular flexibility index (Phi) is 6.56. The van der Waals surface area contributed by atoms with Crippen LogP contribution in [0.1, 0.15) is 76.7 Å². The molecule has 2 N–H and O–H groups in total. The van der Waals surface area contributed by atoms with Crippen LogP contribution >= 0.6 is 0 Å². The average Bonchev–Trinajstić information content (AvgIpc) is 2.50.